The Balaban J connectivity index is 2.51. The lowest BCUT2D eigenvalue weighted by atomic mass is 9.90. The Bertz CT molecular complexity index is 361. The van der Waals surface area contributed by atoms with Crippen LogP contribution in [0.1, 0.15) is 35.6 Å². The van der Waals surface area contributed by atoms with Crippen LogP contribution in [0.5, 0.6) is 0 Å². The maximum absolute atomic E-state index is 11.8. The normalized spacial score (nSPS) is 11.5. The maximum Gasteiger partial charge on any atom is 0.263 e. The molecule has 1 amide bonds. The molecule has 0 unspecified atom stereocenters. The molecule has 4 nitrogen and oxygen atoms in total. The minimum Gasteiger partial charge on any atom is -0.396 e. The highest BCUT2D eigenvalue weighted by Crippen LogP contribution is 2.19. The van der Waals surface area contributed by atoms with Crippen molar-refractivity contribution in [2.45, 2.75) is 27.2 Å². The second-order valence-corrected chi connectivity index (χ2v) is 5.44. The van der Waals surface area contributed by atoms with E-state index in [1.165, 1.54) is 11.3 Å². The molecule has 0 aliphatic carbocycles. The van der Waals surface area contributed by atoms with Crippen molar-refractivity contribution < 1.29 is 9.90 Å². The molecule has 0 fully saturated rings. The Labute approximate surface area is 99.7 Å². The van der Waals surface area contributed by atoms with Gasteiger partial charge < -0.3 is 10.4 Å². The minimum atomic E-state index is -0.0804. The summed E-state index contributed by atoms with van der Waals surface area (Å²) in [5, 5.41) is 11.7. The van der Waals surface area contributed by atoms with Gasteiger partial charge in [0, 0.05) is 13.2 Å². The first-order chi connectivity index (χ1) is 7.46. The first-order valence-electron chi connectivity index (χ1n) is 5.25. The van der Waals surface area contributed by atoms with Gasteiger partial charge in [0.05, 0.1) is 11.2 Å². The minimum absolute atomic E-state index is 0.0778. The number of thiazole rings is 1. The van der Waals surface area contributed by atoms with E-state index in [1.54, 1.807) is 5.51 Å². The van der Waals surface area contributed by atoms with E-state index in [2.05, 4.69) is 10.3 Å². The molecular formula is C11H18N2O2S. The number of amides is 1. The lowest BCUT2D eigenvalue weighted by molar-refractivity contribution is 0.0931. The number of carbonyl (C=O) groups excluding carboxylic acids is 1. The van der Waals surface area contributed by atoms with Crippen molar-refractivity contribution in [3.63, 3.8) is 0 Å². The third-order valence-electron chi connectivity index (χ3n) is 2.47. The van der Waals surface area contributed by atoms with Gasteiger partial charge in [0.2, 0.25) is 0 Å². The number of hydrogen-bond donors (Lipinski definition) is 2. The summed E-state index contributed by atoms with van der Waals surface area (Å²) in [4.78, 5) is 16.5. The van der Waals surface area contributed by atoms with Crippen LogP contribution in [0, 0.1) is 12.3 Å². The van der Waals surface area contributed by atoms with Crippen molar-refractivity contribution in [2.24, 2.45) is 5.41 Å². The molecule has 16 heavy (non-hydrogen) atoms. The van der Waals surface area contributed by atoms with Crippen LogP contribution in [0.4, 0.5) is 0 Å². The van der Waals surface area contributed by atoms with Crippen LogP contribution >= 0.6 is 11.3 Å². The summed E-state index contributed by atoms with van der Waals surface area (Å²) < 4.78 is 0. The van der Waals surface area contributed by atoms with Gasteiger partial charge in [0.1, 0.15) is 4.88 Å². The first kappa shape index (κ1) is 13.1. The smallest absolute Gasteiger partial charge is 0.263 e. The van der Waals surface area contributed by atoms with Crippen molar-refractivity contribution in [1.29, 1.82) is 0 Å². The number of nitrogens with one attached hydrogen (secondary N) is 1. The number of carbonyl (C=O) groups is 1. The Morgan fingerprint density at radius 3 is 2.81 bits per heavy atom. The average molecular weight is 242 g/mol. The monoisotopic (exact) mass is 242 g/mol. The van der Waals surface area contributed by atoms with Crippen LogP contribution in [-0.4, -0.2) is 29.1 Å². The van der Waals surface area contributed by atoms with Crippen molar-refractivity contribution in [1.82, 2.24) is 10.3 Å². The quantitative estimate of drug-likeness (QED) is 0.824. The summed E-state index contributed by atoms with van der Waals surface area (Å²) in [6, 6.07) is 0. The molecule has 1 aromatic rings. The van der Waals surface area contributed by atoms with Crippen molar-refractivity contribution in [2.75, 3.05) is 13.2 Å². The van der Waals surface area contributed by atoms with Gasteiger partial charge in [-0.05, 0) is 18.8 Å². The summed E-state index contributed by atoms with van der Waals surface area (Å²) in [5.74, 6) is -0.0778. The number of rotatable bonds is 5. The Morgan fingerprint density at radius 2 is 2.31 bits per heavy atom. The van der Waals surface area contributed by atoms with E-state index in [4.69, 9.17) is 5.11 Å². The second-order valence-electron chi connectivity index (χ2n) is 4.59. The molecule has 0 bridgehead atoms. The molecule has 1 aromatic heterocycles. The largest absolute Gasteiger partial charge is 0.396 e. The van der Waals surface area contributed by atoms with Crippen molar-refractivity contribution in [3.8, 4) is 0 Å². The van der Waals surface area contributed by atoms with Crippen LogP contribution in [-0.2, 0) is 0 Å². The van der Waals surface area contributed by atoms with Gasteiger partial charge in [-0.2, -0.15) is 0 Å². The third kappa shape index (κ3) is 3.57. The molecular weight excluding hydrogens is 224 g/mol. The van der Waals surface area contributed by atoms with E-state index in [1.807, 2.05) is 20.8 Å². The zero-order valence-electron chi connectivity index (χ0n) is 9.91. The van der Waals surface area contributed by atoms with Gasteiger partial charge >= 0.3 is 0 Å². The molecule has 0 atom stereocenters. The standard InChI is InChI=1S/C11H18N2O2S/c1-8-9(16-7-13-8)10(15)12-6-11(2,3)4-5-14/h7,14H,4-6H2,1-3H3,(H,12,15). The molecule has 0 spiro atoms. The maximum atomic E-state index is 11.8. The van der Waals surface area contributed by atoms with E-state index < -0.39 is 0 Å². The van der Waals surface area contributed by atoms with Gasteiger partial charge in [-0.15, -0.1) is 11.3 Å². The van der Waals surface area contributed by atoms with E-state index >= 15 is 0 Å². The SMILES string of the molecule is Cc1ncsc1C(=O)NCC(C)(C)CCO. The number of hydrogen-bond acceptors (Lipinski definition) is 4. The molecule has 2 N–H and O–H groups in total. The lowest BCUT2D eigenvalue weighted by Gasteiger charge is -2.23. The molecule has 0 saturated heterocycles. The zero-order valence-corrected chi connectivity index (χ0v) is 10.7. The van der Waals surface area contributed by atoms with Gasteiger partial charge in [-0.25, -0.2) is 4.98 Å². The highest BCUT2D eigenvalue weighted by atomic mass is 32.1. The molecule has 0 aliphatic rings. The first-order valence-corrected chi connectivity index (χ1v) is 6.13. The van der Waals surface area contributed by atoms with Crippen LogP contribution < -0.4 is 5.32 Å². The van der Waals surface area contributed by atoms with E-state index in [-0.39, 0.29) is 17.9 Å². The number of aliphatic hydroxyl groups is 1. The Kier molecular flexibility index (Phi) is 4.44. The number of aliphatic hydroxyl groups excluding tert-OH is 1. The number of aromatic nitrogens is 1. The van der Waals surface area contributed by atoms with E-state index in [9.17, 15) is 4.79 Å². The highest BCUT2D eigenvalue weighted by molar-refractivity contribution is 7.11. The van der Waals surface area contributed by atoms with Crippen molar-refractivity contribution in [3.05, 3.63) is 16.1 Å². The second kappa shape index (κ2) is 5.41. The molecule has 1 heterocycles. The summed E-state index contributed by atoms with van der Waals surface area (Å²) in [5.41, 5.74) is 2.36. The van der Waals surface area contributed by atoms with Crippen molar-refractivity contribution >= 4 is 17.2 Å². The lowest BCUT2D eigenvalue weighted by Crippen LogP contribution is -2.34. The van der Waals surface area contributed by atoms with E-state index in [0.29, 0.717) is 17.8 Å². The molecule has 5 heteroatoms. The predicted molar refractivity (Wildman–Crippen MR) is 64.7 cm³/mol. The molecule has 90 valence electrons. The Hall–Kier alpha value is -0.940. The predicted octanol–water partition coefficient (Wildman–Crippen LogP) is 1.59. The van der Waals surface area contributed by atoms with Gasteiger partial charge in [0.25, 0.3) is 5.91 Å². The van der Waals surface area contributed by atoms with Crippen LogP contribution in [0.3, 0.4) is 0 Å². The topological polar surface area (TPSA) is 62.2 Å². The molecule has 0 radical (unpaired) electrons. The van der Waals surface area contributed by atoms with Crippen LogP contribution in [0.2, 0.25) is 0 Å². The summed E-state index contributed by atoms with van der Waals surface area (Å²) >= 11 is 1.35. The van der Waals surface area contributed by atoms with Crippen LogP contribution in [0.25, 0.3) is 0 Å². The Morgan fingerprint density at radius 1 is 1.62 bits per heavy atom. The number of aryl methyl sites for hydroxylation is 1. The highest BCUT2D eigenvalue weighted by Gasteiger charge is 2.19. The fourth-order valence-corrected chi connectivity index (χ4v) is 2.03. The average Bonchev–Trinajstić information content (AvgIpc) is 2.61. The fourth-order valence-electron chi connectivity index (χ4n) is 1.31. The van der Waals surface area contributed by atoms with Gasteiger partial charge in [-0.3, -0.25) is 4.79 Å². The molecule has 0 saturated carbocycles. The van der Waals surface area contributed by atoms with Gasteiger partial charge in [0.15, 0.2) is 0 Å². The summed E-state index contributed by atoms with van der Waals surface area (Å²) in [7, 11) is 0. The zero-order chi connectivity index (χ0) is 12.2. The summed E-state index contributed by atoms with van der Waals surface area (Å²) in [6.45, 7) is 6.56. The molecule has 0 aliphatic heterocycles. The molecule has 0 aromatic carbocycles. The molecule has 1 rings (SSSR count). The fraction of sp³-hybridized carbons (Fsp3) is 0.636. The number of nitrogens with zero attached hydrogens (tertiary/aromatic N) is 1. The third-order valence-corrected chi connectivity index (χ3v) is 3.40. The summed E-state index contributed by atoms with van der Waals surface area (Å²) in [6.07, 6.45) is 0.676. The van der Waals surface area contributed by atoms with E-state index in [0.717, 1.165) is 5.69 Å². The van der Waals surface area contributed by atoms with Gasteiger partial charge in [-0.1, -0.05) is 13.8 Å². The van der Waals surface area contributed by atoms with Crippen LogP contribution in [0.15, 0.2) is 5.51 Å².